The summed E-state index contributed by atoms with van der Waals surface area (Å²) in [4.78, 5) is 27.3. The molecular weight excluding hydrogens is 352 g/mol. The largest absolute Gasteiger partial charge is 0.497 e. The first-order valence-electron chi connectivity index (χ1n) is 9.58. The summed E-state index contributed by atoms with van der Waals surface area (Å²) in [6.07, 6.45) is 0.254. The van der Waals surface area contributed by atoms with Crippen LogP contribution in [0.15, 0.2) is 48.5 Å². The molecule has 2 rings (SSSR count). The van der Waals surface area contributed by atoms with Gasteiger partial charge in [-0.2, -0.15) is 0 Å². The number of carbonyl (C=O) groups excluding carboxylic acids is 2. The Balaban J connectivity index is 2.24. The van der Waals surface area contributed by atoms with Gasteiger partial charge in [-0.1, -0.05) is 42.0 Å². The minimum Gasteiger partial charge on any atom is -0.497 e. The summed E-state index contributed by atoms with van der Waals surface area (Å²) in [7, 11) is 1.61. The number of aryl methyl sites for hydroxylation is 1. The number of nitrogens with one attached hydrogen (secondary N) is 1. The summed E-state index contributed by atoms with van der Waals surface area (Å²) in [5.74, 6) is 0.482. The monoisotopic (exact) mass is 382 g/mol. The van der Waals surface area contributed by atoms with Crippen molar-refractivity contribution in [1.82, 2.24) is 10.2 Å². The van der Waals surface area contributed by atoms with Crippen LogP contribution >= 0.6 is 0 Å². The number of ether oxygens (including phenoxy) is 1. The van der Waals surface area contributed by atoms with Crippen LogP contribution in [-0.2, 0) is 22.6 Å². The van der Waals surface area contributed by atoms with Crippen molar-refractivity contribution in [2.24, 2.45) is 0 Å². The van der Waals surface area contributed by atoms with Crippen LogP contribution in [0.4, 0.5) is 0 Å². The lowest BCUT2D eigenvalue weighted by atomic mass is 10.1. The van der Waals surface area contributed by atoms with E-state index in [0.717, 1.165) is 22.4 Å². The van der Waals surface area contributed by atoms with E-state index < -0.39 is 6.04 Å². The minimum atomic E-state index is -0.577. The Hall–Kier alpha value is -2.82. The van der Waals surface area contributed by atoms with Crippen molar-refractivity contribution in [2.75, 3.05) is 7.11 Å². The normalized spacial score (nSPS) is 11.8. The standard InChI is InChI=1S/C23H30N2O3/c1-16(2)24-23(27)18(4)25(15-20-7-6-8-21(13-20)28-5)22(26)14-19-11-9-17(3)10-12-19/h6-13,16,18H,14-15H2,1-5H3,(H,24,27)/t18-/m1/s1. The first-order chi connectivity index (χ1) is 13.3. The molecule has 0 saturated carbocycles. The molecule has 0 spiro atoms. The molecule has 150 valence electrons. The predicted molar refractivity (Wildman–Crippen MR) is 111 cm³/mol. The van der Waals surface area contributed by atoms with E-state index in [1.807, 2.05) is 69.3 Å². The van der Waals surface area contributed by atoms with Gasteiger partial charge in [0.1, 0.15) is 11.8 Å². The summed E-state index contributed by atoms with van der Waals surface area (Å²) in [6.45, 7) is 7.94. The first-order valence-corrected chi connectivity index (χ1v) is 9.58. The molecule has 0 bridgehead atoms. The number of benzene rings is 2. The average molecular weight is 383 g/mol. The Morgan fingerprint density at radius 2 is 1.71 bits per heavy atom. The Morgan fingerprint density at radius 3 is 2.32 bits per heavy atom. The van der Waals surface area contributed by atoms with Gasteiger partial charge in [0.2, 0.25) is 11.8 Å². The molecule has 2 aromatic carbocycles. The fourth-order valence-corrected chi connectivity index (χ4v) is 2.94. The molecule has 0 radical (unpaired) electrons. The number of nitrogens with zero attached hydrogens (tertiary/aromatic N) is 1. The van der Waals surface area contributed by atoms with Gasteiger partial charge in [-0.3, -0.25) is 9.59 Å². The molecule has 0 heterocycles. The topological polar surface area (TPSA) is 58.6 Å². The molecule has 28 heavy (non-hydrogen) atoms. The van der Waals surface area contributed by atoms with Crippen molar-refractivity contribution in [3.8, 4) is 5.75 Å². The highest BCUT2D eigenvalue weighted by molar-refractivity contribution is 5.88. The van der Waals surface area contributed by atoms with E-state index in [2.05, 4.69) is 5.32 Å². The van der Waals surface area contributed by atoms with Gasteiger partial charge < -0.3 is 15.0 Å². The first kappa shape index (κ1) is 21.5. The number of methoxy groups -OCH3 is 1. The third kappa shape index (κ3) is 6.12. The van der Waals surface area contributed by atoms with Crippen LogP contribution in [0.1, 0.15) is 37.5 Å². The molecule has 2 amide bonds. The third-order valence-corrected chi connectivity index (χ3v) is 4.56. The maximum Gasteiger partial charge on any atom is 0.242 e. The quantitative estimate of drug-likeness (QED) is 0.760. The maximum absolute atomic E-state index is 13.1. The lowest BCUT2D eigenvalue weighted by Crippen LogP contribution is -2.49. The van der Waals surface area contributed by atoms with Gasteiger partial charge in [0.05, 0.1) is 13.5 Å². The Labute approximate surface area is 167 Å². The van der Waals surface area contributed by atoms with Crippen molar-refractivity contribution in [3.05, 3.63) is 65.2 Å². The van der Waals surface area contributed by atoms with Crippen molar-refractivity contribution in [2.45, 2.75) is 52.7 Å². The number of amides is 2. The minimum absolute atomic E-state index is 0.0146. The zero-order chi connectivity index (χ0) is 20.7. The molecule has 0 aliphatic heterocycles. The molecule has 5 heteroatoms. The lowest BCUT2D eigenvalue weighted by Gasteiger charge is -2.29. The van der Waals surface area contributed by atoms with Gasteiger partial charge in [0.15, 0.2) is 0 Å². The van der Waals surface area contributed by atoms with E-state index in [-0.39, 0.29) is 24.3 Å². The van der Waals surface area contributed by atoms with Crippen LogP contribution in [0.5, 0.6) is 5.75 Å². The van der Waals surface area contributed by atoms with E-state index >= 15 is 0 Å². The van der Waals surface area contributed by atoms with Crippen LogP contribution in [0, 0.1) is 6.92 Å². The van der Waals surface area contributed by atoms with Crippen LogP contribution in [0.2, 0.25) is 0 Å². The molecular formula is C23H30N2O3. The highest BCUT2D eigenvalue weighted by Gasteiger charge is 2.26. The fraction of sp³-hybridized carbons (Fsp3) is 0.391. The van der Waals surface area contributed by atoms with Gasteiger partial charge in [0.25, 0.3) is 0 Å². The van der Waals surface area contributed by atoms with Crippen molar-refractivity contribution in [1.29, 1.82) is 0 Å². The van der Waals surface area contributed by atoms with E-state index in [1.165, 1.54) is 0 Å². The van der Waals surface area contributed by atoms with E-state index in [0.29, 0.717) is 6.54 Å². The molecule has 0 unspecified atom stereocenters. The Morgan fingerprint density at radius 1 is 1.04 bits per heavy atom. The molecule has 0 aliphatic carbocycles. The highest BCUT2D eigenvalue weighted by Crippen LogP contribution is 2.17. The van der Waals surface area contributed by atoms with Gasteiger partial charge in [-0.05, 0) is 51.0 Å². The summed E-state index contributed by atoms with van der Waals surface area (Å²) in [5, 5.41) is 2.90. The smallest absolute Gasteiger partial charge is 0.242 e. The second kappa shape index (κ2) is 9.93. The second-order valence-corrected chi connectivity index (χ2v) is 7.37. The summed E-state index contributed by atoms with van der Waals surface area (Å²) in [5.41, 5.74) is 3.00. The summed E-state index contributed by atoms with van der Waals surface area (Å²) >= 11 is 0. The van der Waals surface area contributed by atoms with Gasteiger partial charge in [0, 0.05) is 12.6 Å². The van der Waals surface area contributed by atoms with E-state index in [1.54, 1.807) is 18.9 Å². The zero-order valence-corrected chi connectivity index (χ0v) is 17.4. The molecule has 5 nitrogen and oxygen atoms in total. The molecule has 0 saturated heterocycles. The van der Waals surface area contributed by atoms with E-state index in [9.17, 15) is 9.59 Å². The summed E-state index contributed by atoms with van der Waals surface area (Å²) in [6, 6.07) is 14.9. The van der Waals surface area contributed by atoms with E-state index in [4.69, 9.17) is 4.74 Å². The van der Waals surface area contributed by atoms with Crippen molar-refractivity contribution in [3.63, 3.8) is 0 Å². The molecule has 0 aromatic heterocycles. The molecule has 1 N–H and O–H groups in total. The number of hydrogen-bond acceptors (Lipinski definition) is 3. The van der Waals surface area contributed by atoms with Gasteiger partial charge in [-0.25, -0.2) is 0 Å². The number of hydrogen-bond donors (Lipinski definition) is 1. The molecule has 1 atom stereocenters. The molecule has 0 fully saturated rings. The third-order valence-electron chi connectivity index (χ3n) is 4.56. The van der Waals surface area contributed by atoms with Crippen LogP contribution in [-0.4, -0.2) is 35.9 Å². The maximum atomic E-state index is 13.1. The van der Waals surface area contributed by atoms with Gasteiger partial charge in [-0.15, -0.1) is 0 Å². The lowest BCUT2D eigenvalue weighted by molar-refractivity contribution is -0.140. The SMILES string of the molecule is COc1cccc(CN(C(=O)Cc2ccc(C)cc2)[C@H](C)C(=O)NC(C)C)c1. The average Bonchev–Trinajstić information content (AvgIpc) is 2.67. The van der Waals surface area contributed by atoms with Crippen LogP contribution in [0.25, 0.3) is 0 Å². The Bertz CT molecular complexity index is 800. The molecule has 2 aromatic rings. The second-order valence-electron chi connectivity index (χ2n) is 7.37. The highest BCUT2D eigenvalue weighted by atomic mass is 16.5. The predicted octanol–water partition coefficient (Wildman–Crippen LogP) is 3.49. The van der Waals surface area contributed by atoms with Crippen molar-refractivity contribution >= 4 is 11.8 Å². The molecule has 0 aliphatic rings. The van der Waals surface area contributed by atoms with Gasteiger partial charge >= 0.3 is 0 Å². The summed E-state index contributed by atoms with van der Waals surface area (Å²) < 4.78 is 5.28. The van der Waals surface area contributed by atoms with Crippen LogP contribution in [0.3, 0.4) is 0 Å². The number of rotatable bonds is 8. The van der Waals surface area contributed by atoms with Crippen LogP contribution < -0.4 is 10.1 Å². The fourth-order valence-electron chi connectivity index (χ4n) is 2.94. The van der Waals surface area contributed by atoms with Crippen molar-refractivity contribution < 1.29 is 14.3 Å². The number of carbonyl (C=O) groups is 2. The zero-order valence-electron chi connectivity index (χ0n) is 17.4. The Kier molecular flexibility index (Phi) is 7.61.